The fraction of sp³-hybridized carbons (Fsp3) is 0.279. The molecule has 0 N–H and O–H groups in total. The third-order valence-electron chi connectivity index (χ3n) is 16.1. The largest absolute Gasteiger partial charge is 0.337 e. The summed E-state index contributed by atoms with van der Waals surface area (Å²) in [5.74, 6) is 0.527. The Balaban J connectivity index is 0.840. The highest BCUT2D eigenvalue weighted by molar-refractivity contribution is 5.88. The standard InChI is InChI=1S/C61H58N2/c1-59(2)49-17-9-13-21-57(49)63(58-22-14-10-18-50(58)59)44-30-34-48-46-32-26-40(36-52(46)61(5,6)54(48)38-44)24-23-39-25-31-45-47-33-29-43(37-53(47)60(3,4)51(45)35-39)62-55-19-11-7-15-41(55)27-28-42-16-8-12-20-56(42)62/h7-11,13,15-19,21,23-26,29-38,41,55H,12,14,20,22,27-28H2,1-6H3. The van der Waals surface area contributed by atoms with E-state index in [-0.39, 0.29) is 16.2 Å². The highest BCUT2D eigenvalue weighted by atomic mass is 15.2. The van der Waals surface area contributed by atoms with Gasteiger partial charge in [-0.15, -0.1) is 0 Å². The van der Waals surface area contributed by atoms with Crippen LogP contribution in [0.3, 0.4) is 0 Å². The molecule has 2 atom stereocenters. The quantitative estimate of drug-likeness (QED) is 0.167. The summed E-state index contributed by atoms with van der Waals surface area (Å²) in [5.41, 5.74) is 24.6. The van der Waals surface area contributed by atoms with Crippen molar-refractivity contribution in [1.82, 2.24) is 0 Å². The molecule has 2 unspecified atom stereocenters. The lowest BCUT2D eigenvalue weighted by molar-refractivity contribution is 0.526. The van der Waals surface area contributed by atoms with E-state index in [1.54, 1.807) is 0 Å². The maximum atomic E-state index is 2.70. The van der Waals surface area contributed by atoms with E-state index in [4.69, 9.17) is 0 Å². The van der Waals surface area contributed by atoms with Crippen LogP contribution < -0.4 is 9.80 Å². The number of para-hydroxylation sites is 1. The molecule has 0 radical (unpaired) electrons. The number of hydrogen-bond donors (Lipinski definition) is 0. The molecular weight excluding hydrogens is 761 g/mol. The average Bonchev–Trinajstić information content (AvgIpc) is 3.56. The minimum atomic E-state index is -0.130. The number of allylic oxidation sites excluding steroid dienone is 10. The summed E-state index contributed by atoms with van der Waals surface area (Å²) in [4.78, 5) is 5.27. The van der Waals surface area contributed by atoms with Crippen molar-refractivity contribution >= 4 is 29.2 Å². The van der Waals surface area contributed by atoms with Gasteiger partial charge in [-0.05, 0) is 141 Å². The third kappa shape index (κ3) is 5.76. The first-order valence-electron chi connectivity index (χ1n) is 23.6. The van der Waals surface area contributed by atoms with Crippen molar-refractivity contribution in [2.75, 3.05) is 9.80 Å². The Morgan fingerprint density at radius 3 is 1.79 bits per heavy atom. The Hall–Kier alpha value is -6.12. The molecule has 5 aliphatic carbocycles. The van der Waals surface area contributed by atoms with Crippen LogP contribution in [0.25, 0.3) is 34.4 Å². The van der Waals surface area contributed by atoms with Gasteiger partial charge in [0.1, 0.15) is 0 Å². The van der Waals surface area contributed by atoms with E-state index >= 15 is 0 Å². The third-order valence-corrected chi connectivity index (χ3v) is 16.1. The van der Waals surface area contributed by atoms with Gasteiger partial charge < -0.3 is 9.80 Å². The van der Waals surface area contributed by atoms with E-state index in [1.165, 1.54) is 107 Å². The van der Waals surface area contributed by atoms with Crippen molar-refractivity contribution in [3.8, 4) is 22.3 Å². The van der Waals surface area contributed by atoms with Crippen LogP contribution in [0, 0.1) is 5.92 Å². The summed E-state index contributed by atoms with van der Waals surface area (Å²) in [6.45, 7) is 14.5. The zero-order chi connectivity index (χ0) is 42.8. The molecule has 0 spiro atoms. The molecule has 2 heteroatoms. The number of rotatable bonds is 4. The fourth-order valence-electron chi connectivity index (χ4n) is 12.6. The first-order valence-corrected chi connectivity index (χ1v) is 23.6. The summed E-state index contributed by atoms with van der Waals surface area (Å²) >= 11 is 0. The predicted molar refractivity (Wildman–Crippen MR) is 267 cm³/mol. The van der Waals surface area contributed by atoms with Gasteiger partial charge in [0.15, 0.2) is 0 Å². The van der Waals surface area contributed by atoms with Crippen LogP contribution in [-0.4, -0.2) is 6.04 Å². The lowest BCUT2D eigenvalue weighted by Gasteiger charge is -2.44. The highest BCUT2D eigenvalue weighted by Crippen LogP contribution is 2.55. The van der Waals surface area contributed by atoms with Crippen molar-refractivity contribution < 1.29 is 0 Å². The summed E-state index contributed by atoms with van der Waals surface area (Å²) in [7, 11) is 0. The molecule has 12 rings (SSSR count). The number of anilines is 3. The summed E-state index contributed by atoms with van der Waals surface area (Å²) in [6.07, 6.45) is 30.3. The molecule has 2 aliphatic heterocycles. The first kappa shape index (κ1) is 38.5. The van der Waals surface area contributed by atoms with Crippen molar-refractivity contribution in [2.24, 2.45) is 5.92 Å². The monoisotopic (exact) mass is 818 g/mol. The Labute approximate surface area is 375 Å². The SMILES string of the molecule is CC1(C)C2=C(CCC=C2)N(c2ccc3c(c2)C(C)(C)c2cc(C=Cc4ccc5c(c4)C(C)(C)c4cc(N6C7=C(C=CCC7)CCC7C=CC=CC76)ccc4-5)ccc2-3)c2ccccc21. The van der Waals surface area contributed by atoms with Crippen LogP contribution in [0.2, 0.25) is 0 Å². The van der Waals surface area contributed by atoms with Gasteiger partial charge in [0, 0.05) is 50.6 Å². The zero-order valence-electron chi connectivity index (χ0n) is 37.8. The van der Waals surface area contributed by atoms with Crippen LogP contribution in [0.1, 0.15) is 119 Å². The normalized spacial score (nSPS) is 22.6. The Bertz CT molecular complexity index is 3000. The van der Waals surface area contributed by atoms with Crippen LogP contribution in [-0.2, 0) is 16.2 Å². The Kier molecular flexibility index (Phi) is 8.53. The second kappa shape index (κ2) is 13.9. The van der Waals surface area contributed by atoms with E-state index < -0.39 is 0 Å². The molecule has 0 fully saturated rings. The summed E-state index contributed by atoms with van der Waals surface area (Å²) in [5, 5.41) is 0. The molecule has 312 valence electrons. The number of nitrogens with zero attached hydrogens (tertiary/aromatic N) is 2. The molecule has 0 saturated carbocycles. The molecule has 2 nitrogen and oxygen atoms in total. The van der Waals surface area contributed by atoms with Crippen molar-refractivity contribution in [3.05, 3.63) is 207 Å². The van der Waals surface area contributed by atoms with Gasteiger partial charge in [-0.2, -0.15) is 0 Å². The van der Waals surface area contributed by atoms with Crippen molar-refractivity contribution in [1.29, 1.82) is 0 Å². The topological polar surface area (TPSA) is 6.48 Å². The maximum Gasteiger partial charge on any atom is 0.0585 e. The van der Waals surface area contributed by atoms with E-state index in [0.29, 0.717) is 12.0 Å². The molecule has 5 aromatic carbocycles. The van der Waals surface area contributed by atoms with E-state index in [0.717, 1.165) is 32.1 Å². The van der Waals surface area contributed by atoms with Gasteiger partial charge in [0.05, 0.1) is 6.04 Å². The fourth-order valence-corrected chi connectivity index (χ4v) is 12.6. The highest BCUT2D eigenvalue weighted by Gasteiger charge is 2.41. The van der Waals surface area contributed by atoms with Gasteiger partial charge >= 0.3 is 0 Å². The summed E-state index contributed by atoms with van der Waals surface area (Å²) in [6, 6.07) is 38.2. The second-order valence-corrected chi connectivity index (χ2v) is 20.7. The molecule has 5 aromatic rings. The van der Waals surface area contributed by atoms with Crippen molar-refractivity contribution in [3.63, 3.8) is 0 Å². The molecule has 0 aromatic heterocycles. The number of hydrogen-bond acceptors (Lipinski definition) is 2. The number of benzene rings is 5. The van der Waals surface area contributed by atoms with Gasteiger partial charge in [-0.3, -0.25) is 0 Å². The summed E-state index contributed by atoms with van der Waals surface area (Å²) < 4.78 is 0. The van der Waals surface area contributed by atoms with E-state index in [1.807, 2.05) is 0 Å². The van der Waals surface area contributed by atoms with Gasteiger partial charge in [-0.25, -0.2) is 0 Å². The Morgan fingerprint density at radius 1 is 0.524 bits per heavy atom. The molecule has 0 bridgehead atoms. The molecule has 2 heterocycles. The molecule has 0 saturated heterocycles. The van der Waals surface area contributed by atoms with Gasteiger partial charge in [0.2, 0.25) is 0 Å². The maximum absolute atomic E-state index is 2.70. The predicted octanol–water partition coefficient (Wildman–Crippen LogP) is 15.8. The zero-order valence-corrected chi connectivity index (χ0v) is 37.8. The van der Waals surface area contributed by atoms with Gasteiger partial charge in [0.25, 0.3) is 0 Å². The van der Waals surface area contributed by atoms with Crippen LogP contribution in [0.4, 0.5) is 17.1 Å². The molecule has 63 heavy (non-hydrogen) atoms. The van der Waals surface area contributed by atoms with Crippen LogP contribution in [0.15, 0.2) is 168 Å². The molecule has 0 amide bonds. The number of fused-ring (bicyclic) bond motifs is 8. The molecule has 7 aliphatic rings. The van der Waals surface area contributed by atoms with E-state index in [2.05, 4.69) is 209 Å². The second-order valence-electron chi connectivity index (χ2n) is 20.7. The van der Waals surface area contributed by atoms with Crippen LogP contribution in [0.5, 0.6) is 0 Å². The minimum Gasteiger partial charge on any atom is -0.337 e. The first-order chi connectivity index (χ1) is 30.5. The smallest absolute Gasteiger partial charge is 0.0585 e. The van der Waals surface area contributed by atoms with E-state index in [9.17, 15) is 0 Å². The van der Waals surface area contributed by atoms with Gasteiger partial charge in [-0.1, -0.05) is 169 Å². The Morgan fingerprint density at radius 2 is 1.10 bits per heavy atom. The average molecular weight is 819 g/mol. The lowest BCUT2D eigenvalue weighted by atomic mass is 9.71. The lowest BCUT2D eigenvalue weighted by Crippen LogP contribution is -2.38. The van der Waals surface area contributed by atoms with Crippen molar-refractivity contribution in [2.45, 2.75) is 102 Å². The minimum absolute atomic E-state index is 0.0297. The van der Waals surface area contributed by atoms with Crippen LogP contribution >= 0.6 is 0 Å². The molecular formula is C61H58N2.